The van der Waals surface area contributed by atoms with Gasteiger partial charge in [0, 0.05) is 24.8 Å². The van der Waals surface area contributed by atoms with Crippen LogP contribution in [0.25, 0.3) is 0 Å². The van der Waals surface area contributed by atoms with Crippen molar-refractivity contribution in [3.05, 3.63) is 53.4 Å². The minimum Gasteiger partial charge on any atom is -0.476 e. The SMILES string of the molecule is Cc1ccc(C(=O)NCCn2cnc(C(=O)O)c2)cc1F. The average Bonchev–Trinajstić information content (AvgIpc) is 2.91. The van der Waals surface area contributed by atoms with Crippen molar-refractivity contribution in [2.75, 3.05) is 6.54 Å². The Balaban J connectivity index is 1.88. The third kappa shape index (κ3) is 3.65. The number of aromatic nitrogens is 2. The van der Waals surface area contributed by atoms with Crippen LogP contribution in [0.2, 0.25) is 0 Å². The molecular formula is C14H14FN3O3. The standard InChI is InChI=1S/C14H14FN3O3/c1-9-2-3-10(6-11(9)15)13(19)16-4-5-18-7-12(14(20)21)17-8-18/h2-3,6-8H,4-5H2,1H3,(H,16,19)(H,20,21). The van der Waals surface area contributed by atoms with Gasteiger partial charge in [-0.25, -0.2) is 14.2 Å². The lowest BCUT2D eigenvalue weighted by atomic mass is 10.1. The van der Waals surface area contributed by atoms with E-state index >= 15 is 0 Å². The van der Waals surface area contributed by atoms with E-state index in [9.17, 15) is 14.0 Å². The molecule has 2 rings (SSSR count). The first-order chi connectivity index (χ1) is 9.97. The Hall–Kier alpha value is -2.70. The van der Waals surface area contributed by atoms with Crippen molar-refractivity contribution in [1.29, 1.82) is 0 Å². The normalized spacial score (nSPS) is 10.4. The summed E-state index contributed by atoms with van der Waals surface area (Å²) in [4.78, 5) is 26.2. The van der Waals surface area contributed by atoms with Gasteiger partial charge in [0.25, 0.3) is 5.91 Å². The van der Waals surface area contributed by atoms with Crippen LogP contribution in [-0.2, 0) is 6.54 Å². The van der Waals surface area contributed by atoms with Crippen molar-refractivity contribution in [2.45, 2.75) is 13.5 Å². The highest BCUT2D eigenvalue weighted by Gasteiger charge is 2.09. The summed E-state index contributed by atoms with van der Waals surface area (Å²) in [5, 5.41) is 11.4. The van der Waals surface area contributed by atoms with Gasteiger partial charge in [-0.2, -0.15) is 0 Å². The van der Waals surface area contributed by atoms with Crippen LogP contribution in [0.3, 0.4) is 0 Å². The van der Waals surface area contributed by atoms with Crippen molar-refractivity contribution in [2.24, 2.45) is 0 Å². The van der Waals surface area contributed by atoms with E-state index in [1.165, 1.54) is 18.6 Å². The second kappa shape index (κ2) is 6.17. The van der Waals surface area contributed by atoms with E-state index in [2.05, 4.69) is 10.3 Å². The second-order valence-corrected chi connectivity index (χ2v) is 4.52. The molecule has 110 valence electrons. The van der Waals surface area contributed by atoms with Gasteiger partial charge in [-0.3, -0.25) is 4.79 Å². The number of halogens is 1. The fourth-order valence-corrected chi connectivity index (χ4v) is 1.73. The highest BCUT2D eigenvalue weighted by Crippen LogP contribution is 2.08. The third-order valence-electron chi connectivity index (χ3n) is 2.94. The van der Waals surface area contributed by atoms with E-state index in [0.29, 0.717) is 12.1 Å². The van der Waals surface area contributed by atoms with Crippen LogP contribution < -0.4 is 5.32 Å². The molecule has 1 aromatic carbocycles. The number of hydrogen-bond donors (Lipinski definition) is 2. The molecule has 2 aromatic rings. The fraction of sp³-hybridized carbons (Fsp3) is 0.214. The summed E-state index contributed by atoms with van der Waals surface area (Å²) >= 11 is 0. The maximum Gasteiger partial charge on any atom is 0.356 e. The summed E-state index contributed by atoms with van der Waals surface area (Å²) in [5.74, 6) is -1.91. The van der Waals surface area contributed by atoms with Crippen molar-refractivity contribution < 1.29 is 19.1 Å². The number of rotatable bonds is 5. The predicted octanol–water partition coefficient (Wildman–Crippen LogP) is 1.46. The molecule has 0 saturated carbocycles. The van der Waals surface area contributed by atoms with Gasteiger partial charge in [0.15, 0.2) is 5.69 Å². The van der Waals surface area contributed by atoms with Crippen LogP contribution in [0.4, 0.5) is 4.39 Å². The molecule has 1 amide bonds. The van der Waals surface area contributed by atoms with Crippen molar-refractivity contribution in [3.8, 4) is 0 Å². The second-order valence-electron chi connectivity index (χ2n) is 4.52. The first-order valence-corrected chi connectivity index (χ1v) is 6.27. The van der Waals surface area contributed by atoms with E-state index in [4.69, 9.17) is 5.11 Å². The minimum atomic E-state index is -1.10. The molecule has 6 nitrogen and oxygen atoms in total. The first-order valence-electron chi connectivity index (χ1n) is 6.27. The van der Waals surface area contributed by atoms with Gasteiger partial charge >= 0.3 is 5.97 Å². The van der Waals surface area contributed by atoms with Gasteiger partial charge in [0.1, 0.15) is 5.82 Å². The van der Waals surface area contributed by atoms with Crippen LogP contribution in [0.5, 0.6) is 0 Å². The number of nitrogens with one attached hydrogen (secondary N) is 1. The molecule has 2 N–H and O–H groups in total. The van der Waals surface area contributed by atoms with Gasteiger partial charge in [0.2, 0.25) is 0 Å². The number of carbonyl (C=O) groups excluding carboxylic acids is 1. The molecule has 0 spiro atoms. The summed E-state index contributed by atoms with van der Waals surface area (Å²) in [7, 11) is 0. The van der Waals surface area contributed by atoms with E-state index < -0.39 is 11.8 Å². The molecule has 1 aromatic heterocycles. The van der Waals surface area contributed by atoms with Crippen molar-refractivity contribution >= 4 is 11.9 Å². The molecule has 0 saturated heterocycles. The summed E-state index contributed by atoms with van der Waals surface area (Å²) < 4.78 is 14.9. The van der Waals surface area contributed by atoms with E-state index in [1.807, 2.05) is 0 Å². The monoisotopic (exact) mass is 291 g/mol. The maximum atomic E-state index is 13.4. The number of carbonyl (C=O) groups is 2. The zero-order valence-electron chi connectivity index (χ0n) is 11.3. The lowest BCUT2D eigenvalue weighted by Crippen LogP contribution is -2.27. The number of aromatic carboxylic acids is 1. The Morgan fingerprint density at radius 2 is 2.19 bits per heavy atom. The highest BCUT2D eigenvalue weighted by molar-refractivity contribution is 5.94. The molecule has 0 atom stereocenters. The van der Waals surface area contributed by atoms with Crippen molar-refractivity contribution in [3.63, 3.8) is 0 Å². The smallest absolute Gasteiger partial charge is 0.356 e. The zero-order chi connectivity index (χ0) is 15.4. The summed E-state index contributed by atoms with van der Waals surface area (Å²) in [6.45, 7) is 2.28. The molecule has 1 heterocycles. The minimum absolute atomic E-state index is 0.0538. The van der Waals surface area contributed by atoms with E-state index in [1.54, 1.807) is 23.6 Å². The number of carboxylic acid groups (broad SMARTS) is 1. The van der Waals surface area contributed by atoms with Crippen LogP contribution in [0.1, 0.15) is 26.4 Å². The lowest BCUT2D eigenvalue weighted by molar-refractivity contribution is 0.0690. The van der Waals surface area contributed by atoms with Gasteiger partial charge in [-0.15, -0.1) is 0 Å². The topological polar surface area (TPSA) is 84.2 Å². The predicted molar refractivity (Wildman–Crippen MR) is 72.7 cm³/mol. The Labute approximate surface area is 120 Å². The number of hydrogen-bond acceptors (Lipinski definition) is 3. The number of aryl methyl sites for hydroxylation is 1. The quantitative estimate of drug-likeness (QED) is 0.873. The third-order valence-corrected chi connectivity index (χ3v) is 2.94. The Kier molecular flexibility index (Phi) is 4.32. The van der Waals surface area contributed by atoms with Crippen LogP contribution >= 0.6 is 0 Å². The summed E-state index contributed by atoms with van der Waals surface area (Å²) in [6, 6.07) is 4.27. The number of nitrogens with zero attached hydrogens (tertiary/aromatic N) is 2. The number of imidazole rings is 1. The largest absolute Gasteiger partial charge is 0.476 e. The highest BCUT2D eigenvalue weighted by atomic mass is 19.1. The average molecular weight is 291 g/mol. The zero-order valence-corrected chi connectivity index (χ0v) is 11.3. The first kappa shape index (κ1) is 14.7. The lowest BCUT2D eigenvalue weighted by Gasteiger charge is -2.06. The maximum absolute atomic E-state index is 13.4. The van der Waals surface area contributed by atoms with Gasteiger partial charge in [-0.05, 0) is 24.6 Å². The van der Waals surface area contributed by atoms with Crippen LogP contribution in [-0.4, -0.2) is 33.1 Å². The molecule has 0 aliphatic rings. The molecule has 0 fully saturated rings. The number of carboxylic acids is 1. The van der Waals surface area contributed by atoms with Gasteiger partial charge < -0.3 is 15.0 Å². The van der Waals surface area contributed by atoms with Gasteiger partial charge in [0.05, 0.1) is 6.33 Å². The molecule has 0 aliphatic heterocycles. The Morgan fingerprint density at radius 1 is 1.43 bits per heavy atom. The molecule has 21 heavy (non-hydrogen) atoms. The van der Waals surface area contributed by atoms with E-state index in [0.717, 1.165) is 0 Å². The number of benzene rings is 1. The fourth-order valence-electron chi connectivity index (χ4n) is 1.73. The molecule has 0 unspecified atom stereocenters. The van der Waals surface area contributed by atoms with E-state index in [-0.39, 0.29) is 23.7 Å². The van der Waals surface area contributed by atoms with Crippen LogP contribution in [0.15, 0.2) is 30.7 Å². The molecular weight excluding hydrogens is 277 g/mol. The Bertz CT molecular complexity index is 682. The molecule has 0 aliphatic carbocycles. The molecule has 7 heteroatoms. The van der Waals surface area contributed by atoms with Gasteiger partial charge in [-0.1, -0.05) is 6.07 Å². The summed E-state index contributed by atoms with van der Waals surface area (Å²) in [6.07, 6.45) is 2.75. The summed E-state index contributed by atoms with van der Waals surface area (Å²) in [5.41, 5.74) is 0.669. The Morgan fingerprint density at radius 3 is 2.81 bits per heavy atom. The molecule has 0 bridgehead atoms. The van der Waals surface area contributed by atoms with Crippen molar-refractivity contribution in [1.82, 2.24) is 14.9 Å². The molecule has 0 radical (unpaired) electrons. The van der Waals surface area contributed by atoms with Crippen LogP contribution in [0, 0.1) is 12.7 Å². The number of amides is 1.